The number of sulfonamides is 1. The van der Waals surface area contributed by atoms with Crippen molar-refractivity contribution in [2.75, 3.05) is 27.7 Å². The molecule has 0 aliphatic carbocycles. The van der Waals surface area contributed by atoms with E-state index in [9.17, 15) is 13.2 Å². The summed E-state index contributed by atoms with van der Waals surface area (Å²) in [6.07, 6.45) is 0. The van der Waals surface area contributed by atoms with Gasteiger partial charge in [0.2, 0.25) is 10.0 Å². The number of hydrogen-bond acceptors (Lipinski definition) is 7. The van der Waals surface area contributed by atoms with Crippen molar-refractivity contribution >= 4 is 49.5 Å². The van der Waals surface area contributed by atoms with Crippen LogP contribution in [0, 0.1) is 0 Å². The molecule has 1 atom stereocenters. The lowest BCUT2D eigenvalue weighted by atomic mass is 10.2. The second-order valence-corrected chi connectivity index (χ2v) is 11.3. The standard InChI is InChI=1S/C23H24N4O4S2/c1-15-14-27(22(28)21-10-8-16-12-18(31-4)9-11-20(16)25-21)23(32-15)24-17-6-5-7-19(13-17)33(29,30)26(2)3/h5-13,15H,14H2,1-4H3. The molecule has 0 bridgehead atoms. The average molecular weight is 485 g/mol. The summed E-state index contributed by atoms with van der Waals surface area (Å²) in [7, 11) is 0.981. The Morgan fingerprint density at radius 3 is 2.70 bits per heavy atom. The first-order valence-corrected chi connectivity index (χ1v) is 12.6. The molecule has 0 saturated carbocycles. The van der Waals surface area contributed by atoms with Crippen molar-refractivity contribution in [1.29, 1.82) is 0 Å². The van der Waals surface area contributed by atoms with Crippen LogP contribution in [0.2, 0.25) is 0 Å². The largest absolute Gasteiger partial charge is 0.497 e. The smallest absolute Gasteiger partial charge is 0.278 e. The van der Waals surface area contributed by atoms with Crippen LogP contribution in [-0.2, 0) is 10.0 Å². The number of ether oxygens (including phenoxy) is 1. The molecule has 1 saturated heterocycles. The fraction of sp³-hybridized carbons (Fsp3) is 0.261. The fourth-order valence-electron chi connectivity index (χ4n) is 3.40. The highest BCUT2D eigenvalue weighted by Crippen LogP contribution is 2.30. The monoisotopic (exact) mass is 484 g/mol. The Morgan fingerprint density at radius 1 is 1.18 bits per heavy atom. The molecule has 172 valence electrons. The van der Waals surface area contributed by atoms with E-state index in [2.05, 4.69) is 9.98 Å². The third-order valence-corrected chi connectivity index (χ3v) is 8.04. The van der Waals surface area contributed by atoms with Crippen molar-refractivity contribution < 1.29 is 17.9 Å². The second-order valence-electron chi connectivity index (χ2n) is 7.78. The Labute approximate surface area is 197 Å². The van der Waals surface area contributed by atoms with Crippen LogP contribution >= 0.6 is 11.8 Å². The first kappa shape index (κ1) is 23.2. The van der Waals surface area contributed by atoms with E-state index in [4.69, 9.17) is 4.74 Å². The summed E-state index contributed by atoms with van der Waals surface area (Å²) in [5.74, 6) is 0.474. The molecule has 10 heteroatoms. The van der Waals surface area contributed by atoms with Gasteiger partial charge < -0.3 is 4.74 Å². The van der Waals surface area contributed by atoms with Crippen molar-refractivity contribution in [3.8, 4) is 5.75 Å². The van der Waals surface area contributed by atoms with E-state index in [1.54, 1.807) is 36.3 Å². The number of benzene rings is 2. The molecule has 33 heavy (non-hydrogen) atoms. The molecule has 8 nitrogen and oxygen atoms in total. The first-order chi connectivity index (χ1) is 15.7. The first-order valence-electron chi connectivity index (χ1n) is 10.2. The molecular weight excluding hydrogens is 460 g/mol. The Balaban J connectivity index is 1.66. The van der Waals surface area contributed by atoms with Crippen molar-refractivity contribution in [3.05, 3.63) is 60.3 Å². The predicted molar refractivity (Wildman–Crippen MR) is 131 cm³/mol. The van der Waals surface area contributed by atoms with Crippen molar-refractivity contribution in [3.63, 3.8) is 0 Å². The Morgan fingerprint density at radius 2 is 1.97 bits per heavy atom. The Bertz CT molecular complexity index is 1360. The highest BCUT2D eigenvalue weighted by molar-refractivity contribution is 8.14. The van der Waals surface area contributed by atoms with E-state index in [1.165, 1.54) is 38.0 Å². The van der Waals surface area contributed by atoms with Gasteiger partial charge in [0.15, 0.2) is 5.17 Å². The van der Waals surface area contributed by atoms with Gasteiger partial charge in [0, 0.05) is 31.3 Å². The number of rotatable bonds is 5. The van der Waals surface area contributed by atoms with E-state index < -0.39 is 10.0 Å². The van der Waals surface area contributed by atoms with Gasteiger partial charge in [-0.15, -0.1) is 0 Å². The molecule has 2 heterocycles. The number of thioether (sulfide) groups is 1. The molecule has 3 aromatic rings. The maximum absolute atomic E-state index is 13.3. The van der Waals surface area contributed by atoms with Crippen molar-refractivity contribution in [2.24, 2.45) is 4.99 Å². The summed E-state index contributed by atoms with van der Waals surface area (Å²) in [6.45, 7) is 2.50. The lowest BCUT2D eigenvalue weighted by molar-refractivity contribution is 0.0850. The van der Waals surface area contributed by atoms with E-state index >= 15 is 0 Å². The third-order valence-electron chi connectivity index (χ3n) is 5.16. The minimum Gasteiger partial charge on any atom is -0.497 e. The van der Waals surface area contributed by atoms with Crippen LogP contribution in [0.4, 0.5) is 5.69 Å². The fourth-order valence-corrected chi connectivity index (χ4v) is 5.36. The van der Waals surface area contributed by atoms with Crippen LogP contribution < -0.4 is 4.74 Å². The van der Waals surface area contributed by atoms with Crippen molar-refractivity contribution in [2.45, 2.75) is 17.1 Å². The number of aliphatic imine (C=N–C) groups is 1. The molecule has 0 N–H and O–H groups in total. The van der Waals surface area contributed by atoms with Crippen LogP contribution in [0.15, 0.2) is 64.5 Å². The molecule has 1 amide bonds. The maximum Gasteiger partial charge on any atom is 0.278 e. The van der Waals surface area contributed by atoms with Gasteiger partial charge in [-0.2, -0.15) is 0 Å². The third kappa shape index (κ3) is 4.73. The summed E-state index contributed by atoms with van der Waals surface area (Å²) < 4.78 is 31.3. The molecule has 1 aromatic heterocycles. The van der Waals surface area contributed by atoms with Gasteiger partial charge in [-0.1, -0.05) is 30.8 Å². The van der Waals surface area contributed by atoms with Gasteiger partial charge in [0.25, 0.3) is 5.91 Å². The topological polar surface area (TPSA) is 92.2 Å². The SMILES string of the molecule is COc1ccc2nc(C(=O)N3CC(C)SC3=Nc3cccc(S(=O)(=O)N(C)C)c3)ccc2c1. The highest BCUT2D eigenvalue weighted by Gasteiger charge is 2.32. The second kappa shape index (κ2) is 9.12. The zero-order valence-electron chi connectivity index (χ0n) is 18.7. The summed E-state index contributed by atoms with van der Waals surface area (Å²) >= 11 is 1.47. The minimum atomic E-state index is -3.58. The number of hydrogen-bond donors (Lipinski definition) is 0. The number of pyridine rings is 1. The number of carbonyl (C=O) groups is 1. The molecule has 1 fully saturated rings. The van der Waals surface area contributed by atoms with Crippen LogP contribution in [-0.4, -0.2) is 66.7 Å². The number of amides is 1. The van der Waals surface area contributed by atoms with Crippen LogP contribution in [0.1, 0.15) is 17.4 Å². The summed E-state index contributed by atoms with van der Waals surface area (Å²) in [5.41, 5.74) is 1.48. The van der Waals surface area contributed by atoms with E-state index in [0.29, 0.717) is 28.6 Å². The van der Waals surface area contributed by atoms with Crippen molar-refractivity contribution in [1.82, 2.24) is 14.2 Å². The Kier molecular flexibility index (Phi) is 6.42. The minimum absolute atomic E-state index is 0.145. The van der Waals surface area contributed by atoms with Gasteiger partial charge >= 0.3 is 0 Å². The molecule has 1 aliphatic heterocycles. The average Bonchev–Trinajstić information content (AvgIpc) is 3.17. The number of methoxy groups -OCH3 is 1. The molecule has 2 aromatic carbocycles. The number of fused-ring (bicyclic) bond motifs is 1. The lowest BCUT2D eigenvalue weighted by Crippen LogP contribution is -2.33. The van der Waals surface area contributed by atoms with Gasteiger partial charge in [0.1, 0.15) is 11.4 Å². The zero-order valence-corrected chi connectivity index (χ0v) is 20.4. The number of amidine groups is 1. The van der Waals surface area contributed by atoms with Gasteiger partial charge in [-0.3, -0.25) is 9.69 Å². The van der Waals surface area contributed by atoms with Crippen LogP contribution in [0.3, 0.4) is 0 Å². The van der Waals surface area contributed by atoms with Gasteiger partial charge in [-0.05, 0) is 42.5 Å². The predicted octanol–water partition coefficient (Wildman–Crippen LogP) is 3.76. The molecule has 0 spiro atoms. The Hall–Kier alpha value is -2.95. The number of carbonyl (C=O) groups excluding carboxylic acids is 1. The summed E-state index contributed by atoms with van der Waals surface area (Å²) in [4.78, 5) is 24.2. The van der Waals surface area contributed by atoms with Crippen LogP contribution in [0.25, 0.3) is 10.9 Å². The normalized spacial score (nSPS) is 17.8. The van der Waals surface area contributed by atoms with Gasteiger partial charge in [-0.25, -0.2) is 22.7 Å². The number of aromatic nitrogens is 1. The zero-order chi connectivity index (χ0) is 23.8. The summed E-state index contributed by atoms with van der Waals surface area (Å²) in [6, 6.07) is 15.4. The highest BCUT2D eigenvalue weighted by atomic mass is 32.2. The van der Waals surface area contributed by atoms with Gasteiger partial charge in [0.05, 0.1) is 23.2 Å². The maximum atomic E-state index is 13.3. The van der Waals surface area contributed by atoms with Crippen LogP contribution in [0.5, 0.6) is 5.75 Å². The lowest BCUT2D eigenvalue weighted by Gasteiger charge is -2.16. The number of nitrogens with zero attached hydrogens (tertiary/aromatic N) is 4. The van der Waals surface area contributed by atoms with E-state index in [1.807, 2.05) is 25.1 Å². The molecule has 1 unspecified atom stereocenters. The quantitative estimate of drug-likeness (QED) is 0.548. The molecule has 1 aliphatic rings. The van der Waals surface area contributed by atoms with E-state index in [-0.39, 0.29) is 16.1 Å². The molecule has 4 rings (SSSR count). The summed E-state index contributed by atoms with van der Waals surface area (Å²) in [5, 5.41) is 1.54. The molecule has 0 radical (unpaired) electrons. The molecular formula is C23H24N4O4S2. The van der Waals surface area contributed by atoms with E-state index in [0.717, 1.165) is 15.4 Å².